The number of hydrogen-bond donors (Lipinski definition) is 0. The molecule has 0 aromatic heterocycles. The third-order valence-corrected chi connectivity index (χ3v) is 20.2. The molecule has 0 amide bonds. The summed E-state index contributed by atoms with van der Waals surface area (Å²) < 4.78 is 22.9. The molecular formula is C98H173NO8. The summed E-state index contributed by atoms with van der Waals surface area (Å²) in [6, 6.07) is 0. The van der Waals surface area contributed by atoms with Crippen molar-refractivity contribution < 1.29 is 42.9 Å². The first-order valence-electron chi connectivity index (χ1n) is 45.7. The van der Waals surface area contributed by atoms with Crippen LogP contribution < -0.4 is 5.11 Å². The second-order valence-electron chi connectivity index (χ2n) is 31.9. The van der Waals surface area contributed by atoms with Gasteiger partial charge < -0.3 is 33.3 Å². The smallest absolute Gasteiger partial charge is 0.306 e. The molecule has 0 radical (unpaired) electrons. The Morgan fingerprint density at radius 2 is 0.533 bits per heavy atom. The molecule has 0 aliphatic heterocycles. The highest BCUT2D eigenvalue weighted by Crippen LogP contribution is 2.20. The molecule has 107 heavy (non-hydrogen) atoms. The van der Waals surface area contributed by atoms with Crippen molar-refractivity contribution in [2.24, 2.45) is 0 Å². The fraction of sp³-hybridized carbons (Fsp3) is 0.765. The van der Waals surface area contributed by atoms with Crippen LogP contribution in [0, 0.1) is 0 Å². The quantitative estimate of drug-likeness (QED) is 0.0195. The van der Waals surface area contributed by atoms with E-state index in [1.165, 1.54) is 283 Å². The number of unbranched alkanes of at least 4 members (excludes halogenated alkanes) is 50. The van der Waals surface area contributed by atoms with Crippen molar-refractivity contribution in [1.82, 2.24) is 0 Å². The van der Waals surface area contributed by atoms with Crippen LogP contribution in [0.1, 0.15) is 425 Å². The monoisotopic (exact) mass is 1490 g/mol. The van der Waals surface area contributed by atoms with Gasteiger partial charge in [-0.15, -0.1) is 0 Å². The Kier molecular flexibility index (Phi) is 83.8. The Labute approximate surface area is 663 Å². The van der Waals surface area contributed by atoms with Gasteiger partial charge in [0.25, 0.3) is 0 Å². The zero-order chi connectivity index (χ0) is 77.4. The number of allylic oxidation sites excluding steroid dienone is 20. The van der Waals surface area contributed by atoms with Gasteiger partial charge in [-0.3, -0.25) is 9.59 Å². The van der Waals surface area contributed by atoms with Crippen molar-refractivity contribution in [2.75, 3.05) is 47.5 Å². The van der Waals surface area contributed by atoms with Crippen LogP contribution >= 0.6 is 0 Å². The average molecular weight is 1490 g/mol. The van der Waals surface area contributed by atoms with Gasteiger partial charge >= 0.3 is 11.9 Å². The van der Waals surface area contributed by atoms with E-state index in [1.807, 2.05) is 21.1 Å². The van der Waals surface area contributed by atoms with E-state index in [2.05, 4.69) is 135 Å². The van der Waals surface area contributed by atoms with Crippen LogP contribution in [-0.2, 0) is 33.3 Å². The second kappa shape index (κ2) is 87.3. The molecular weight excluding hydrogens is 1320 g/mol. The second-order valence-corrected chi connectivity index (χ2v) is 31.9. The molecule has 0 aromatic carbocycles. The number of esters is 2. The first kappa shape index (κ1) is 103. The highest BCUT2D eigenvalue weighted by molar-refractivity contribution is 5.70. The largest absolute Gasteiger partial charge is 0.545 e. The first-order valence-corrected chi connectivity index (χ1v) is 45.7. The Morgan fingerprint density at radius 3 is 0.794 bits per heavy atom. The normalized spacial score (nSPS) is 13.2. The van der Waals surface area contributed by atoms with Crippen LogP contribution in [0.2, 0.25) is 0 Å². The number of aliphatic carboxylic acids is 1. The summed E-state index contributed by atoms with van der Waals surface area (Å²) in [6.07, 6.45) is 122. The predicted molar refractivity (Wildman–Crippen MR) is 463 cm³/mol. The van der Waals surface area contributed by atoms with E-state index in [-0.39, 0.29) is 32.2 Å². The predicted octanol–water partition coefficient (Wildman–Crippen LogP) is 28.8. The minimum absolute atomic E-state index is 0.144. The van der Waals surface area contributed by atoms with Crippen LogP contribution in [0.3, 0.4) is 0 Å². The van der Waals surface area contributed by atoms with Crippen molar-refractivity contribution in [3.63, 3.8) is 0 Å². The standard InChI is InChI=1S/C98H173NO8/c1-6-8-10-12-14-16-18-20-22-24-26-28-30-32-34-36-38-40-42-44-46-48-50-52-54-56-58-60-62-64-66-68-70-72-74-76-78-80-82-84-86-88-95(100)105-92-94(93-106-98(97(102)103)104-91-90-99(3,4)5)107-96(101)89-87-85-83-81-79-77-75-73-71-69-67-65-63-61-59-57-55-53-51-49-47-45-43-41-39-37-35-33-31-29-27-25-23-21-19-17-15-13-11-9-7-2/h9,11,15,17,21,23,27,29,33,35,39,41,45,47,51,53,57,59,63,65,94,98H,6-8,10,12-14,16,18-20,22,24-26,28,30-32,34,36-38,40,42-44,46,48-50,52,54-56,58,60-62,64,66-93H2,1-5H3/b11-9-,17-15-,23-21-,29-27-,35-33-,41-39-,47-45-,53-51-,59-57-,65-63-. The van der Waals surface area contributed by atoms with Gasteiger partial charge in [0.05, 0.1) is 40.3 Å². The van der Waals surface area contributed by atoms with E-state index >= 15 is 0 Å². The maximum Gasteiger partial charge on any atom is 0.306 e. The summed E-state index contributed by atoms with van der Waals surface area (Å²) in [5.74, 6) is -2.27. The zero-order valence-electron chi connectivity index (χ0n) is 71.0. The summed E-state index contributed by atoms with van der Waals surface area (Å²) in [6.45, 7) is 4.68. The van der Waals surface area contributed by atoms with Gasteiger partial charge in [-0.05, 0) is 89.9 Å². The minimum atomic E-state index is -1.63. The maximum absolute atomic E-state index is 13.0. The molecule has 0 saturated carbocycles. The summed E-state index contributed by atoms with van der Waals surface area (Å²) in [5.41, 5.74) is 0. The van der Waals surface area contributed by atoms with E-state index in [4.69, 9.17) is 18.9 Å². The van der Waals surface area contributed by atoms with Gasteiger partial charge in [-0.1, -0.05) is 444 Å². The van der Waals surface area contributed by atoms with Gasteiger partial charge in [0.15, 0.2) is 12.4 Å². The van der Waals surface area contributed by atoms with Crippen molar-refractivity contribution in [1.29, 1.82) is 0 Å². The van der Waals surface area contributed by atoms with Gasteiger partial charge in [-0.2, -0.15) is 0 Å². The number of hydrogen-bond acceptors (Lipinski definition) is 8. The maximum atomic E-state index is 13.0. The average Bonchev–Trinajstić information content (AvgIpc) is 0.965. The van der Waals surface area contributed by atoms with E-state index in [0.29, 0.717) is 23.9 Å². The van der Waals surface area contributed by atoms with Crippen LogP contribution in [-0.4, -0.2) is 82.3 Å². The lowest BCUT2D eigenvalue weighted by Gasteiger charge is -2.26. The molecule has 0 aromatic rings. The molecule has 0 fully saturated rings. The van der Waals surface area contributed by atoms with E-state index in [0.717, 1.165) is 109 Å². The van der Waals surface area contributed by atoms with Crippen molar-refractivity contribution in [3.05, 3.63) is 122 Å². The molecule has 0 heterocycles. The van der Waals surface area contributed by atoms with Gasteiger partial charge in [0.2, 0.25) is 0 Å². The first-order chi connectivity index (χ1) is 52.6. The Morgan fingerprint density at radius 1 is 0.290 bits per heavy atom. The third-order valence-electron chi connectivity index (χ3n) is 20.2. The topological polar surface area (TPSA) is 111 Å². The minimum Gasteiger partial charge on any atom is -0.545 e. The van der Waals surface area contributed by atoms with E-state index in [1.54, 1.807) is 0 Å². The lowest BCUT2D eigenvalue weighted by Crippen LogP contribution is -2.44. The number of quaternary nitrogens is 1. The number of nitrogens with zero attached hydrogens (tertiary/aromatic N) is 1. The summed E-state index contributed by atoms with van der Waals surface area (Å²) >= 11 is 0. The summed E-state index contributed by atoms with van der Waals surface area (Å²) in [4.78, 5) is 37.7. The highest BCUT2D eigenvalue weighted by atomic mass is 16.7. The van der Waals surface area contributed by atoms with Crippen molar-refractivity contribution in [2.45, 2.75) is 437 Å². The molecule has 0 rings (SSSR count). The molecule has 0 aliphatic rings. The Bertz CT molecular complexity index is 2190. The lowest BCUT2D eigenvalue weighted by molar-refractivity contribution is -0.870. The number of carboxylic acid groups (broad SMARTS) is 1. The number of rotatable bonds is 85. The molecule has 0 aliphatic carbocycles. The van der Waals surface area contributed by atoms with Crippen LogP contribution in [0.4, 0.5) is 0 Å². The number of likely N-dealkylation sites (N-methyl/N-ethyl adjacent to an activating group) is 1. The molecule has 2 atom stereocenters. The van der Waals surface area contributed by atoms with Gasteiger partial charge in [0.1, 0.15) is 13.2 Å². The summed E-state index contributed by atoms with van der Waals surface area (Å²) in [7, 11) is 5.94. The fourth-order valence-electron chi connectivity index (χ4n) is 13.3. The highest BCUT2D eigenvalue weighted by Gasteiger charge is 2.22. The Hall–Kier alpha value is -4.31. The third kappa shape index (κ3) is 88.8. The van der Waals surface area contributed by atoms with Crippen molar-refractivity contribution in [3.8, 4) is 0 Å². The van der Waals surface area contributed by atoms with Crippen LogP contribution in [0.15, 0.2) is 122 Å². The van der Waals surface area contributed by atoms with Crippen molar-refractivity contribution >= 4 is 17.9 Å². The SMILES string of the molecule is CC/C=C\C/C=C\C/C=C\C/C=C\C/C=C\C/C=C\C/C=C\C/C=C\C/C=C\C/C=C\CCCCCCCCCCCCC(=O)OC(COC(=O)CCCCCCCCCCCCCCCCCCCCCCCCCCCCCCCCCCCCCCCCCCC)COC(OCC[N+](C)(C)C)C(=O)[O-]. The molecule has 0 bridgehead atoms. The van der Waals surface area contributed by atoms with E-state index < -0.39 is 24.3 Å². The Balaban J connectivity index is 3.97. The molecule has 0 N–H and O–H groups in total. The molecule has 9 nitrogen and oxygen atoms in total. The van der Waals surface area contributed by atoms with Gasteiger partial charge in [-0.25, -0.2) is 0 Å². The molecule has 0 saturated heterocycles. The number of carboxylic acids is 1. The molecule has 9 heteroatoms. The summed E-state index contributed by atoms with van der Waals surface area (Å²) in [5, 5.41) is 11.9. The lowest BCUT2D eigenvalue weighted by atomic mass is 10.0. The number of carbonyl (C=O) groups excluding carboxylic acids is 3. The van der Waals surface area contributed by atoms with Gasteiger partial charge in [0, 0.05) is 12.8 Å². The number of ether oxygens (including phenoxy) is 4. The van der Waals surface area contributed by atoms with E-state index in [9.17, 15) is 19.5 Å². The molecule has 0 spiro atoms. The molecule has 2 unspecified atom stereocenters. The number of carbonyl (C=O) groups is 3. The fourth-order valence-corrected chi connectivity index (χ4v) is 13.3. The van der Waals surface area contributed by atoms with Crippen LogP contribution in [0.5, 0.6) is 0 Å². The molecule has 618 valence electrons. The zero-order valence-corrected chi connectivity index (χ0v) is 71.0. The van der Waals surface area contributed by atoms with Crippen LogP contribution in [0.25, 0.3) is 0 Å².